The normalized spacial score (nSPS) is 10.3. The lowest BCUT2D eigenvalue weighted by atomic mass is 10.1. The first-order chi connectivity index (χ1) is 9.02. The number of nitrogens with zero attached hydrogens (tertiary/aromatic N) is 1. The molecule has 0 aliphatic rings. The van der Waals surface area contributed by atoms with Gasteiger partial charge in [-0.25, -0.2) is 0 Å². The molecule has 6 heteroatoms. The van der Waals surface area contributed by atoms with E-state index in [0.29, 0.717) is 22.7 Å². The number of carbonyl (C=O) groups is 1. The minimum atomic E-state index is -0.234. The summed E-state index contributed by atoms with van der Waals surface area (Å²) in [5.74, 6) is 0.314. The van der Waals surface area contributed by atoms with Gasteiger partial charge in [-0.3, -0.25) is 9.89 Å². The summed E-state index contributed by atoms with van der Waals surface area (Å²) >= 11 is 0. The molecule has 2 rings (SSSR count). The van der Waals surface area contributed by atoms with Crippen LogP contribution in [0.1, 0.15) is 21.7 Å². The van der Waals surface area contributed by atoms with E-state index in [1.54, 1.807) is 18.2 Å². The average Bonchev–Trinajstić information content (AvgIpc) is 2.70. The number of rotatable bonds is 3. The molecule has 1 amide bonds. The van der Waals surface area contributed by atoms with Gasteiger partial charge in [0.1, 0.15) is 5.75 Å². The molecule has 0 radical (unpaired) electrons. The van der Waals surface area contributed by atoms with Crippen LogP contribution in [0.15, 0.2) is 18.2 Å². The number of amides is 1. The van der Waals surface area contributed by atoms with Gasteiger partial charge in [0, 0.05) is 5.56 Å². The standard InChI is InChI=1S/C13H16N4O2/c1-7-12(8(2)17-16-7)15-13(18)9-4-5-11(19-3)10(14)6-9/h4-6H,14H2,1-3H3,(H,15,18)(H,16,17). The van der Waals surface area contributed by atoms with Gasteiger partial charge in [0.2, 0.25) is 0 Å². The summed E-state index contributed by atoms with van der Waals surface area (Å²) in [4.78, 5) is 12.1. The Kier molecular flexibility index (Phi) is 3.41. The van der Waals surface area contributed by atoms with Crippen LogP contribution in [0.3, 0.4) is 0 Å². The maximum absolute atomic E-state index is 12.1. The molecule has 19 heavy (non-hydrogen) atoms. The van der Waals surface area contributed by atoms with Crippen molar-refractivity contribution in [3.63, 3.8) is 0 Å². The van der Waals surface area contributed by atoms with Crippen LogP contribution in [0.25, 0.3) is 0 Å². The zero-order valence-corrected chi connectivity index (χ0v) is 11.1. The molecule has 0 saturated carbocycles. The van der Waals surface area contributed by atoms with Crippen LogP contribution in [-0.2, 0) is 0 Å². The van der Waals surface area contributed by atoms with Crippen molar-refractivity contribution in [3.8, 4) is 5.75 Å². The molecule has 0 saturated heterocycles. The summed E-state index contributed by atoms with van der Waals surface area (Å²) in [7, 11) is 1.53. The molecule has 0 atom stereocenters. The predicted molar refractivity (Wildman–Crippen MR) is 73.4 cm³/mol. The van der Waals surface area contributed by atoms with Crippen molar-refractivity contribution < 1.29 is 9.53 Å². The number of hydrogen-bond acceptors (Lipinski definition) is 4. The molecule has 0 aliphatic heterocycles. The maximum atomic E-state index is 12.1. The summed E-state index contributed by atoms with van der Waals surface area (Å²) < 4.78 is 5.05. The van der Waals surface area contributed by atoms with Crippen LogP contribution in [0.5, 0.6) is 5.75 Å². The van der Waals surface area contributed by atoms with Gasteiger partial charge in [-0.1, -0.05) is 0 Å². The van der Waals surface area contributed by atoms with Crippen LogP contribution in [0, 0.1) is 13.8 Å². The molecular weight excluding hydrogens is 244 g/mol. The van der Waals surface area contributed by atoms with Gasteiger partial charge < -0.3 is 15.8 Å². The molecule has 0 fully saturated rings. The average molecular weight is 260 g/mol. The van der Waals surface area contributed by atoms with E-state index in [-0.39, 0.29) is 5.91 Å². The Labute approximate surface area is 111 Å². The van der Waals surface area contributed by atoms with Crippen molar-refractivity contribution >= 4 is 17.3 Å². The third kappa shape index (κ3) is 2.52. The number of methoxy groups -OCH3 is 1. The van der Waals surface area contributed by atoms with Crippen LogP contribution in [0.4, 0.5) is 11.4 Å². The molecule has 0 unspecified atom stereocenters. The Morgan fingerprint density at radius 2 is 2.16 bits per heavy atom. The number of nitrogen functional groups attached to an aromatic ring is 1. The molecule has 0 spiro atoms. The number of aryl methyl sites for hydroxylation is 2. The number of nitrogens with one attached hydrogen (secondary N) is 2. The monoisotopic (exact) mass is 260 g/mol. The first-order valence-electron chi connectivity index (χ1n) is 5.79. The van der Waals surface area contributed by atoms with Crippen LogP contribution in [0.2, 0.25) is 0 Å². The van der Waals surface area contributed by atoms with E-state index in [4.69, 9.17) is 10.5 Å². The zero-order chi connectivity index (χ0) is 14.0. The minimum absolute atomic E-state index is 0.234. The van der Waals surface area contributed by atoms with Crippen molar-refractivity contribution in [1.29, 1.82) is 0 Å². The van der Waals surface area contributed by atoms with Gasteiger partial charge in [0.25, 0.3) is 5.91 Å². The van der Waals surface area contributed by atoms with E-state index >= 15 is 0 Å². The molecular formula is C13H16N4O2. The summed E-state index contributed by atoms with van der Waals surface area (Å²) in [6.07, 6.45) is 0. The van der Waals surface area contributed by atoms with Crippen molar-refractivity contribution in [2.75, 3.05) is 18.2 Å². The van der Waals surface area contributed by atoms with Crippen LogP contribution >= 0.6 is 0 Å². The molecule has 1 aromatic heterocycles. The number of hydrogen-bond donors (Lipinski definition) is 3. The minimum Gasteiger partial charge on any atom is -0.495 e. The molecule has 6 nitrogen and oxygen atoms in total. The number of nitrogens with two attached hydrogens (primary N) is 1. The molecule has 4 N–H and O–H groups in total. The highest BCUT2D eigenvalue weighted by Crippen LogP contribution is 2.23. The lowest BCUT2D eigenvalue weighted by molar-refractivity contribution is 0.102. The topological polar surface area (TPSA) is 93.0 Å². The predicted octanol–water partition coefficient (Wildman–Crippen LogP) is 1.87. The molecule has 2 aromatic rings. The zero-order valence-electron chi connectivity index (χ0n) is 11.1. The number of aromatic amines is 1. The summed E-state index contributed by atoms with van der Waals surface area (Å²) in [5, 5.41) is 9.65. The highest BCUT2D eigenvalue weighted by molar-refractivity contribution is 6.05. The Balaban J connectivity index is 2.23. The number of carbonyl (C=O) groups excluding carboxylic acids is 1. The van der Waals surface area contributed by atoms with Gasteiger partial charge >= 0.3 is 0 Å². The van der Waals surface area contributed by atoms with Crippen molar-refractivity contribution in [2.45, 2.75) is 13.8 Å². The van der Waals surface area contributed by atoms with Crippen molar-refractivity contribution in [2.24, 2.45) is 0 Å². The summed E-state index contributed by atoms with van der Waals surface area (Å²) in [5.41, 5.74) is 8.93. The molecule has 0 aliphatic carbocycles. The molecule has 0 bridgehead atoms. The van der Waals surface area contributed by atoms with Gasteiger partial charge in [-0.05, 0) is 32.0 Å². The molecule has 100 valence electrons. The van der Waals surface area contributed by atoms with E-state index in [2.05, 4.69) is 15.5 Å². The summed E-state index contributed by atoms with van der Waals surface area (Å²) in [6.45, 7) is 3.67. The number of anilines is 2. The van der Waals surface area contributed by atoms with Gasteiger partial charge in [0.05, 0.1) is 29.9 Å². The number of benzene rings is 1. The Morgan fingerprint density at radius 1 is 1.42 bits per heavy atom. The quantitative estimate of drug-likeness (QED) is 0.734. The second kappa shape index (κ2) is 5.01. The second-order valence-corrected chi connectivity index (χ2v) is 4.22. The fourth-order valence-electron chi connectivity index (χ4n) is 1.80. The number of aromatic nitrogens is 2. The Morgan fingerprint density at radius 3 is 2.68 bits per heavy atom. The smallest absolute Gasteiger partial charge is 0.255 e. The second-order valence-electron chi connectivity index (χ2n) is 4.22. The largest absolute Gasteiger partial charge is 0.495 e. The third-order valence-electron chi connectivity index (χ3n) is 2.86. The van der Waals surface area contributed by atoms with E-state index in [1.807, 2.05) is 13.8 Å². The van der Waals surface area contributed by atoms with Crippen molar-refractivity contribution in [3.05, 3.63) is 35.2 Å². The third-order valence-corrected chi connectivity index (χ3v) is 2.86. The summed E-state index contributed by atoms with van der Waals surface area (Å²) in [6, 6.07) is 4.91. The van der Waals surface area contributed by atoms with Gasteiger partial charge in [0.15, 0.2) is 0 Å². The highest BCUT2D eigenvalue weighted by Gasteiger charge is 2.13. The van der Waals surface area contributed by atoms with Crippen molar-refractivity contribution in [1.82, 2.24) is 10.2 Å². The first-order valence-corrected chi connectivity index (χ1v) is 5.79. The molecule has 1 heterocycles. The fraction of sp³-hybridized carbons (Fsp3) is 0.231. The fourth-order valence-corrected chi connectivity index (χ4v) is 1.80. The van der Waals surface area contributed by atoms with E-state index in [9.17, 15) is 4.79 Å². The Hall–Kier alpha value is -2.50. The van der Waals surface area contributed by atoms with E-state index in [0.717, 1.165) is 11.4 Å². The van der Waals surface area contributed by atoms with Gasteiger partial charge in [-0.2, -0.15) is 5.10 Å². The Bertz CT molecular complexity index is 600. The number of H-pyrrole nitrogens is 1. The van der Waals surface area contributed by atoms with Crippen LogP contribution < -0.4 is 15.8 Å². The SMILES string of the molecule is COc1ccc(C(=O)Nc2c(C)n[nH]c2C)cc1N. The highest BCUT2D eigenvalue weighted by atomic mass is 16.5. The van der Waals surface area contributed by atoms with Crippen LogP contribution in [-0.4, -0.2) is 23.2 Å². The molecule has 1 aromatic carbocycles. The van der Waals surface area contributed by atoms with Gasteiger partial charge in [-0.15, -0.1) is 0 Å². The lowest BCUT2D eigenvalue weighted by Gasteiger charge is -2.08. The maximum Gasteiger partial charge on any atom is 0.255 e. The number of ether oxygens (including phenoxy) is 1. The van der Waals surface area contributed by atoms with E-state index < -0.39 is 0 Å². The lowest BCUT2D eigenvalue weighted by Crippen LogP contribution is -2.13. The van der Waals surface area contributed by atoms with E-state index in [1.165, 1.54) is 7.11 Å². The first kappa shape index (κ1) is 12.9.